The third-order valence-electron chi connectivity index (χ3n) is 2.44. The summed E-state index contributed by atoms with van der Waals surface area (Å²) in [6.07, 6.45) is 0. The Balaban J connectivity index is 2.14. The van der Waals surface area contributed by atoms with Gasteiger partial charge >= 0.3 is 0 Å². The first-order valence-corrected chi connectivity index (χ1v) is 6.01. The van der Waals surface area contributed by atoms with E-state index in [-0.39, 0.29) is 23.9 Å². The molecule has 0 saturated heterocycles. The van der Waals surface area contributed by atoms with Gasteiger partial charge in [-0.15, -0.1) is 0 Å². The number of anilines is 1. The molecule has 0 amide bonds. The quantitative estimate of drug-likeness (QED) is 0.674. The summed E-state index contributed by atoms with van der Waals surface area (Å²) in [4.78, 5) is 0. The zero-order valence-electron chi connectivity index (χ0n) is 9.36. The molecule has 0 radical (unpaired) electrons. The van der Waals surface area contributed by atoms with E-state index in [0.717, 1.165) is 5.56 Å². The first-order chi connectivity index (χ1) is 8.58. The molecule has 5 heteroatoms. The van der Waals surface area contributed by atoms with Crippen molar-refractivity contribution in [3.63, 3.8) is 0 Å². The molecular formula is C13H11BrFNO2. The van der Waals surface area contributed by atoms with E-state index in [1.807, 2.05) is 0 Å². The maximum absolute atomic E-state index is 12.9. The molecule has 18 heavy (non-hydrogen) atoms. The van der Waals surface area contributed by atoms with Gasteiger partial charge < -0.3 is 15.6 Å². The Hall–Kier alpha value is -1.75. The summed E-state index contributed by atoms with van der Waals surface area (Å²) >= 11 is 3.25. The first-order valence-electron chi connectivity index (χ1n) is 5.22. The van der Waals surface area contributed by atoms with E-state index in [0.29, 0.717) is 10.2 Å². The standard InChI is InChI=1S/C13H11BrFNO2/c14-10-6-9(15)5-4-8(10)7-18-12-3-1-2-11(17)13(12)16/h1-6,17H,7,16H2. The number of ether oxygens (including phenoxy) is 1. The molecule has 2 aromatic rings. The van der Waals surface area contributed by atoms with E-state index in [1.54, 1.807) is 18.2 Å². The summed E-state index contributed by atoms with van der Waals surface area (Å²) in [6.45, 7) is 0.231. The number of phenols is 1. The molecule has 0 aliphatic rings. The molecule has 0 heterocycles. The van der Waals surface area contributed by atoms with Crippen LogP contribution >= 0.6 is 15.9 Å². The number of phenolic OH excluding ortho intramolecular Hbond substituents is 1. The molecule has 94 valence electrons. The second-order valence-electron chi connectivity index (χ2n) is 3.71. The van der Waals surface area contributed by atoms with Crippen LogP contribution in [0.3, 0.4) is 0 Å². The third-order valence-corrected chi connectivity index (χ3v) is 3.18. The van der Waals surface area contributed by atoms with Gasteiger partial charge in [0.2, 0.25) is 0 Å². The molecule has 2 rings (SSSR count). The van der Waals surface area contributed by atoms with Gasteiger partial charge in [-0.1, -0.05) is 28.1 Å². The lowest BCUT2D eigenvalue weighted by atomic mass is 10.2. The topological polar surface area (TPSA) is 55.5 Å². The molecule has 0 fully saturated rings. The SMILES string of the molecule is Nc1c(O)cccc1OCc1ccc(F)cc1Br. The summed E-state index contributed by atoms with van der Waals surface area (Å²) in [6, 6.07) is 9.13. The van der Waals surface area contributed by atoms with Crippen molar-refractivity contribution in [2.45, 2.75) is 6.61 Å². The van der Waals surface area contributed by atoms with Crippen molar-refractivity contribution in [2.24, 2.45) is 0 Å². The monoisotopic (exact) mass is 311 g/mol. The van der Waals surface area contributed by atoms with Crippen LogP contribution in [0.15, 0.2) is 40.9 Å². The van der Waals surface area contributed by atoms with Crippen molar-refractivity contribution in [3.05, 3.63) is 52.3 Å². The Labute approximate surface area is 112 Å². The molecule has 0 saturated carbocycles. The minimum atomic E-state index is -0.317. The zero-order valence-corrected chi connectivity index (χ0v) is 10.9. The van der Waals surface area contributed by atoms with Crippen LogP contribution < -0.4 is 10.5 Å². The molecule has 3 nitrogen and oxygen atoms in total. The predicted molar refractivity (Wildman–Crippen MR) is 71.0 cm³/mol. The Bertz CT molecular complexity index is 575. The zero-order chi connectivity index (χ0) is 13.1. The highest BCUT2D eigenvalue weighted by molar-refractivity contribution is 9.10. The summed E-state index contributed by atoms with van der Waals surface area (Å²) in [5.41, 5.74) is 6.64. The lowest BCUT2D eigenvalue weighted by molar-refractivity contribution is 0.305. The minimum absolute atomic E-state index is 0.0225. The van der Waals surface area contributed by atoms with E-state index < -0.39 is 0 Å². The normalized spacial score (nSPS) is 10.3. The number of halogens is 2. The van der Waals surface area contributed by atoms with Crippen LogP contribution in [0, 0.1) is 5.82 Å². The van der Waals surface area contributed by atoms with E-state index in [1.165, 1.54) is 18.2 Å². The van der Waals surface area contributed by atoms with Gasteiger partial charge in [0.1, 0.15) is 29.6 Å². The molecule has 0 bridgehead atoms. The highest BCUT2D eigenvalue weighted by atomic mass is 79.9. The number of nitrogen functional groups attached to an aromatic ring is 1. The summed E-state index contributed by atoms with van der Waals surface area (Å²) in [5, 5.41) is 9.42. The van der Waals surface area contributed by atoms with Crippen molar-refractivity contribution in [1.29, 1.82) is 0 Å². The van der Waals surface area contributed by atoms with Crippen LogP contribution in [-0.4, -0.2) is 5.11 Å². The molecule has 0 aromatic heterocycles. The van der Waals surface area contributed by atoms with Crippen LogP contribution in [0.4, 0.5) is 10.1 Å². The Morgan fingerprint density at radius 1 is 1.28 bits per heavy atom. The average Bonchev–Trinajstić information content (AvgIpc) is 2.33. The van der Waals surface area contributed by atoms with Gasteiger partial charge in [0.25, 0.3) is 0 Å². The highest BCUT2D eigenvalue weighted by Gasteiger charge is 2.07. The summed E-state index contributed by atoms with van der Waals surface area (Å²) < 4.78 is 19.0. The number of nitrogens with two attached hydrogens (primary N) is 1. The van der Waals surface area contributed by atoms with E-state index in [4.69, 9.17) is 10.5 Å². The number of para-hydroxylation sites is 1. The van der Waals surface area contributed by atoms with Gasteiger partial charge in [-0.3, -0.25) is 0 Å². The van der Waals surface area contributed by atoms with Gasteiger partial charge in [-0.25, -0.2) is 4.39 Å². The molecule has 3 N–H and O–H groups in total. The van der Waals surface area contributed by atoms with Gasteiger partial charge in [0, 0.05) is 10.0 Å². The fraction of sp³-hybridized carbons (Fsp3) is 0.0769. The number of rotatable bonds is 3. The predicted octanol–water partition coefficient (Wildman–Crippen LogP) is 3.46. The Morgan fingerprint density at radius 2 is 2.06 bits per heavy atom. The van der Waals surface area contributed by atoms with Crippen molar-refractivity contribution in [1.82, 2.24) is 0 Å². The lowest BCUT2D eigenvalue weighted by Crippen LogP contribution is -1.99. The molecule has 0 unspecified atom stereocenters. The van der Waals surface area contributed by atoms with E-state index >= 15 is 0 Å². The van der Waals surface area contributed by atoms with Crippen molar-refractivity contribution < 1.29 is 14.2 Å². The van der Waals surface area contributed by atoms with Crippen molar-refractivity contribution in [3.8, 4) is 11.5 Å². The number of aromatic hydroxyl groups is 1. The maximum atomic E-state index is 12.9. The molecule has 0 aliphatic carbocycles. The number of hydrogen-bond donors (Lipinski definition) is 2. The van der Waals surface area contributed by atoms with Crippen LogP contribution in [0.1, 0.15) is 5.56 Å². The summed E-state index contributed by atoms with van der Waals surface area (Å²) in [5.74, 6) is 0.0550. The smallest absolute Gasteiger partial charge is 0.146 e. The molecule has 2 aromatic carbocycles. The van der Waals surface area contributed by atoms with Crippen molar-refractivity contribution >= 4 is 21.6 Å². The van der Waals surface area contributed by atoms with Crippen LogP contribution in [0.25, 0.3) is 0 Å². The Kier molecular flexibility index (Phi) is 3.72. The molecule has 0 spiro atoms. The molecular weight excluding hydrogens is 301 g/mol. The fourth-order valence-corrected chi connectivity index (χ4v) is 1.92. The third kappa shape index (κ3) is 2.73. The highest BCUT2D eigenvalue weighted by Crippen LogP contribution is 2.31. The number of hydrogen-bond acceptors (Lipinski definition) is 3. The lowest BCUT2D eigenvalue weighted by Gasteiger charge is -2.10. The second kappa shape index (κ2) is 5.27. The average molecular weight is 312 g/mol. The second-order valence-corrected chi connectivity index (χ2v) is 4.57. The van der Waals surface area contributed by atoms with E-state index in [2.05, 4.69) is 15.9 Å². The van der Waals surface area contributed by atoms with Crippen LogP contribution in [-0.2, 0) is 6.61 Å². The minimum Gasteiger partial charge on any atom is -0.506 e. The largest absolute Gasteiger partial charge is 0.506 e. The van der Waals surface area contributed by atoms with Crippen LogP contribution in [0.5, 0.6) is 11.5 Å². The van der Waals surface area contributed by atoms with Gasteiger partial charge in [0.15, 0.2) is 0 Å². The molecule has 0 aliphatic heterocycles. The van der Waals surface area contributed by atoms with Gasteiger partial charge in [-0.2, -0.15) is 0 Å². The Morgan fingerprint density at radius 3 is 2.78 bits per heavy atom. The number of benzene rings is 2. The van der Waals surface area contributed by atoms with Gasteiger partial charge in [0.05, 0.1) is 0 Å². The van der Waals surface area contributed by atoms with Gasteiger partial charge in [-0.05, 0) is 24.3 Å². The summed E-state index contributed by atoms with van der Waals surface area (Å²) in [7, 11) is 0. The first kappa shape index (κ1) is 12.7. The molecule has 0 atom stereocenters. The van der Waals surface area contributed by atoms with Crippen molar-refractivity contribution in [2.75, 3.05) is 5.73 Å². The van der Waals surface area contributed by atoms with Crippen LogP contribution in [0.2, 0.25) is 0 Å². The van der Waals surface area contributed by atoms with E-state index in [9.17, 15) is 9.50 Å². The maximum Gasteiger partial charge on any atom is 0.146 e. The fourth-order valence-electron chi connectivity index (χ4n) is 1.45.